The topological polar surface area (TPSA) is 166 Å². The quantitative estimate of drug-likeness (QED) is 0.0809. The first-order valence-corrected chi connectivity index (χ1v) is 27.7. The van der Waals surface area contributed by atoms with Crippen molar-refractivity contribution in [2.75, 3.05) is 49.3 Å². The summed E-state index contributed by atoms with van der Waals surface area (Å²) in [4.78, 5) is 42.1. The third kappa shape index (κ3) is 25.6. The van der Waals surface area contributed by atoms with Crippen LogP contribution in [0, 0.1) is 0 Å². The van der Waals surface area contributed by atoms with E-state index in [4.69, 9.17) is 11.5 Å². The molecule has 2 aromatic carbocycles. The fourth-order valence-electron chi connectivity index (χ4n) is 7.04. The first-order valence-electron chi connectivity index (χ1n) is 22.6. The van der Waals surface area contributed by atoms with Crippen LogP contribution in [0.5, 0.6) is 0 Å². The molecule has 4 N–H and O–H groups in total. The maximum absolute atomic E-state index is 10.7. The molecule has 8 nitrogen and oxygen atoms in total. The molecule has 0 bridgehead atoms. The highest BCUT2D eigenvalue weighted by molar-refractivity contribution is 7.76. The highest BCUT2D eigenvalue weighted by Gasteiger charge is 2.35. The van der Waals surface area contributed by atoms with Crippen molar-refractivity contribution in [1.82, 2.24) is 0 Å². The SMILES string of the molecule is CCCC[P+](CCCC)(CCCC)CCCC.CCCC[P+](CCCC)(CCCC)CCCC.NC(=O)c1ccccc1C(=O)[O-].NC(=O)c1ccccc1C(=O)[O-]. The number of primary amides is 2. The van der Waals surface area contributed by atoms with Gasteiger partial charge in [-0.25, -0.2) is 0 Å². The van der Waals surface area contributed by atoms with Crippen LogP contribution in [0.4, 0.5) is 0 Å². The van der Waals surface area contributed by atoms with Crippen molar-refractivity contribution >= 4 is 38.3 Å². The van der Waals surface area contributed by atoms with Gasteiger partial charge in [-0.3, -0.25) is 9.59 Å². The van der Waals surface area contributed by atoms with E-state index in [1.165, 1.54) is 151 Å². The van der Waals surface area contributed by atoms with Crippen LogP contribution < -0.4 is 21.7 Å². The molecule has 0 aliphatic rings. The molecule has 0 spiro atoms. The molecule has 58 heavy (non-hydrogen) atoms. The summed E-state index contributed by atoms with van der Waals surface area (Å²) in [5.41, 5.74) is 9.43. The van der Waals surface area contributed by atoms with Gasteiger partial charge in [-0.15, -0.1) is 0 Å². The summed E-state index contributed by atoms with van der Waals surface area (Å²) in [7, 11) is -1.12. The number of nitrogens with two attached hydrogens (primary N) is 2. The average Bonchev–Trinajstić information content (AvgIpc) is 3.23. The molecule has 0 radical (unpaired) electrons. The van der Waals surface area contributed by atoms with Crippen LogP contribution >= 0.6 is 14.5 Å². The third-order valence-corrected chi connectivity index (χ3v) is 20.8. The second kappa shape index (κ2) is 36.1. The molecular weight excluding hydrogens is 762 g/mol. The zero-order valence-corrected chi connectivity index (χ0v) is 39.9. The monoisotopic (exact) mass is 847 g/mol. The molecule has 2 amide bonds. The number of hydrogen-bond donors (Lipinski definition) is 2. The number of hydrogen-bond acceptors (Lipinski definition) is 6. The number of amides is 2. The van der Waals surface area contributed by atoms with Gasteiger partial charge in [0.2, 0.25) is 11.8 Å². The summed E-state index contributed by atoms with van der Waals surface area (Å²) in [5, 5.41) is 20.8. The number of aromatic carboxylic acids is 2. The predicted molar refractivity (Wildman–Crippen MR) is 251 cm³/mol. The Hall–Kier alpha value is -2.82. The molecule has 0 aliphatic carbocycles. The Morgan fingerprint density at radius 2 is 0.552 bits per heavy atom. The van der Waals surface area contributed by atoms with Crippen LogP contribution in [0.2, 0.25) is 0 Å². The normalized spacial score (nSPS) is 10.9. The van der Waals surface area contributed by atoms with Crippen molar-refractivity contribution in [2.45, 2.75) is 158 Å². The first-order chi connectivity index (χ1) is 27.7. The number of carboxylic acids is 2. The largest absolute Gasteiger partial charge is 0.545 e. The molecule has 0 saturated carbocycles. The Morgan fingerprint density at radius 3 is 0.672 bits per heavy atom. The van der Waals surface area contributed by atoms with Gasteiger partial charge in [0, 0.05) is 36.8 Å². The number of carbonyl (C=O) groups is 4. The zero-order chi connectivity index (χ0) is 44.2. The minimum atomic E-state index is -1.40. The Morgan fingerprint density at radius 1 is 0.379 bits per heavy atom. The molecule has 2 aromatic rings. The average molecular weight is 847 g/mol. The number of carboxylic acid groups (broad SMARTS) is 2. The maximum Gasteiger partial charge on any atom is 0.249 e. The zero-order valence-electron chi connectivity index (χ0n) is 38.1. The molecule has 0 heterocycles. The Labute approximate surface area is 356 Å². The van der Waals surface area contributed by atoms with Crippen molar-refractivity contribution in [3.05, 3.63) is 70.8 Å². The summed E-state index contributed by atoms with van der Waals surface area (Å²) in [6.45, 7) is 18.8. The van der Waals surface area contributed by atoms with Gasteiger partial charge in [0.1, 0.15) is 0 Å². The molecule has 10 heteroatoms. The highest BCUT2D eigenvalue weighted by Crippen LogP contribution is 2.62. The highest BCUT2D eigenvalue weighted by atomic mass is 31.2. The Balaban J connectivity index is 0. The van der Waals surface area contributed by atoms with E-state index in [0.717, 1.165) is 0 Å². The summed E-state index contributed by atoms with van der Waals surface area (Å²) in [6.07, 6.45) is 35.9. The Kier molecular flexibility index (Phi) is 35.6. The van der Waals surface area contributed by atoms with Gasteiger partial charge in [0.25, 0.3) is 0 Å². The van der Waals surface area contributed by atoms with Gasteiger partial charge in [0.05, 0.1) is 61.2 Å². The van der Waals surface area contributed by atoms with Crippen molar-refractivity contribution in [1.29, 1.82) is 0 Å². The van der Waals surface area contributed by atoms with Crippen molar-refractivity contribution in [3.63, 3.8) is 0 Å². The molecule has 2 rings (SSSR count). The summed E-state index contributed by atoms with van der Waals surface area (Å²) < 4.78 is 0. The van der Waals surface area contributed by atoms with Gasteiger partial charge in [-0.2, -0.15) is 0 Å². The second-order valence-electron chi connectivity index (χ2n) is 15.7. The lowest BCUT2D eigenvalue weighted by Gasteiger charge is -2.28. The fourth-order valence-corrected chi connectivity index (χ4v) is 17.6. The van der Waals surface area contributed by atoms with Crippen LogP contribution in [-0.2, 0) is 0 Å². The number of benzene rings is 2. The van der Waals surface area contributed by atoms with E-state index in [0.29, 0.717) is 0 Å². The summed E-state index contributed by atoms with van der Waals surface area (Å²) in [6, 6.07) is 11.3. The number of carbonyl (C=O) groups excluding carboxylic acids is 4. The van der Waals surface area contributed by atoms with E-state index >= 15 is 0 Å². The van der Waals surface area contributed by atoms with E-state index in [-0.39, 0.29) is 22.3 Å². The number of unbranched alkanes of at least 4 members (excludes halogenated alkanes) is 8. The molecule has 0 aromatic heterocycles. The second-order valence-corrected chi connectivity index (χ2v) is 24.6. The summed E-state index contributed by atoms with van der Waals surface area (Å²) in [5.74, 6) is -4.33. The van der Waals surface area contributed by atoms with Gasteiger partial charge in [-0.1, -0.05) is 143 Å². The molecular formula is C48H84N2O6P2. The molecule has 0 atom stereocenters. The van der Waals surface area contributed by atoms with Gasteiger partial charge >= 0.3 is 0 Å². The number of rotatable bonds is 28. The van der Waals surface area contributed by atoms with E-state index in [1.807, 2.05) is 0 Å². The molecule has 332 valence electrons. The standard InChI is InChI=1S/2C16H36P.2C8H7NO3/c2*1-5-9-13-17(14-10-6-2,15-11-7-3)16-12-8-4;2*9-7(10)5-3-1-2-4-6(5)8(11)12/h2*5-16H2,1-4H3;2*1-4H,(H2,9,10)(H,11,12)/q2*+1;;/p-2. The molecule has 0 aliphatic heterocycles. The third-order valence-electron chi connectivity index (χ3n) is 10.7. The van der Waals surface area contributed by atoms with Crippen LogP contribution in [0.15, 0.2) is 48.5 Å². The van der Waals surface area contributed by atoms with Crippen LogP contribution in [0.3, 0.4) is 0 Å². The smallest absolute Gasteiger partial charge is 0.249 e. The Bertz CT molecular complexity index is 1140. The van der Waals surface area contributed by atoms with E-state index in [9.17, 15) is 29.4 Å². The fraction of sp³-hybridized carbons (Fsp3) is 0.667. The van der Waals surface area contributed by atoms with Crippen molar-refractivity contribution in [3.8, 4) is 0 Å². The van der Waals surface area contributed by atoms with Crippen LogP contribution in [-0.4, -0.2) is 73.0 Å². The lowest BCUT2D eigenvalue weighted by molar-refractivity contribution is -0.256. The van der Waals surface area contributed by atoms with E-state index in [1.54, 1.807) is 49.3 Å². The lowest BCUT2D eigenvalue weighted by atomic mass is 10.1. The van der Waals surface area contributed by atoms with Gasteiger partial charge in [-0.05, 0) is 63.5 Å². The first kappa shape index (κ1) is 57.3. The van der Waals surface area contributed by atoms with Crippen molar-refractivity contribution < 1.29 is 29.4 Å². The van der Waals surface area contributed by atoms with Crippen molar-refractivity contribution in [2.24, 2.45) is 11.5 Å². The van der Waals surface area contributed by atoms with Crippen LogP contribution in [0.1, 0.15) is 200 Å². The molecule has 0 fully saturated rings. The van der Waals surface area contributed by atoms with Gasteiger partial charge < -0.3 is 31.3 Å². The predicted octanol–water partition coefficient (Wildman–Crippen LogP) is 10.7. The summed E-state index contributed by atoms with van der Waals surface area (Å²) >= 11 is 0. The minimum Gasteiger partial charge on any atom is -0.545 e. The lowest BCUT2D eigenvalue weighted by Crippen LogP contribution is -2.26. The van der Waals surface area contributed by atoms with E-state index in [2.05, 4.69) is 55.4 Å². The molecule has 0 unspecified atom stereocenters. The maximum atomic E-state index is 10.7. The van der Waals surface area contributed by atoms with Gasteiger partial charge in [0.15, 0.2) is 0 Å². The minimum absolute atomic E-state index is 0.0301. The van der Waals surface area contributed by atoms with Crippen LogP contribution in [0.25, 0.3) is 0 Å². The molecule has 0 saturated heterocycles. The van der Waals surface area contributed by atoms with E-state index < -0.39 is 38.3 Å².